The van der Waals surface area contributed by atoms with Gasteiger partial charge in [-0.2, -0.15) is 9.97 Å². The zero-order valence-electron chi connectivity index (χ0n) is 22.9. The Morgan fingerprint density at radius 2 is 1.27 bits per heavy atom. The lowest BCUT2D eigenvalue weighted by molar-refractivity contribution is 0.0623. The molecular formula is C30H32Cl3N7O. The van der Waals surface area contributed by atoms with Crippen LogP contribution < -0.4 is 4.90 Å². The summed E-state index contributed by atoms with van der Waals surface area (Å²) in [6, 6.07) is 15.9. The number of piperazine rings is 2. The maximum Gasteiger partial charge on any atom is 0.270 e. The van der Waals surface area contributed by atoms with Crippen LogP contribution in [-0.2, 0) is 13.1 Å². The number of anilines is 1. The lowest BCUT2D eigenvalue weighted by atomic mass is 10.1. The first-order valence-corrected chi connectivity index (χ1v) is 15.0. The topological polar surface area (TPSA) is 71.6 Å². The van der Waals surface area contributed by atoms with E-state index in [0.29, 0.717) is 24.4 Å². The van der Waals surface area contributed by atoms with Gasteiger partial charge in [0.15, 0.2) is 0 Å². The number of carbonyl (C=O) groups is 1. The van der Waals surface area contributed by atoms with Gasteiger partial charge in [-0.3, -0.25) is 14.6 Å². The molecule has 4 heterocycles. The molecule has 0 spiro atoms. The molecule has 6 rings (SSSR count). The molecule has 0 unspecified atom stereocenters. The second kappa shape index (κ2) is 12.2. The maximum atomic E-state index is 13.7. The number of carbonyl (C=O) groups excluding carboxylic acids is 1. The van der Waals surface area contributed by atoms with Crippen molar-refractivity contribution in [2.24, 2.45) is 0 Å². The van der Waals surface area contributed by atoms with Crippen LogP contribution >= 0.6 is 34.8 Å². The Labute approximate surface area is 254 Å². The van der Waals surface area contributed by atoms with Crippen LogP contribution in [0.15, 0.2) is 48.5 Å². The van der Waals surface area contributed by atoms with E-state index >= 15 is 0 Å². The minimum absolute atomic E-state index is 0.0125. The zero-order valence-corrected chi connectivity index (χ0v) is 25.2. The summed E-state index contributed by atoms with van der Waals surface area (Å²) in [6.07, 6.45) is 0. The van der Waals surface area contributed by atoms with Gasteiger partial charge in [0.25, 0.3) is 5.91 Å². The molecular weight excluding hydrogens is 581 g/mol. The minimum atomic E-state index is -0.0125. The van der Waals surface area contributed by atoms with Crippen LogP contribution in [-0.4, -0.2) is 87.9 Å². The third-order valence-corrected chi connectivity index (χ3v) is 8.71. The van der Waals surface area contributed by atoms with E-state index in [9.17, 15) is 4.79 Å². The van der Waals surface area contributed by atoms with Gasteiger partial charge in [-0.15, -0.1) is 0 Å². The van der Waals surface area contributed by atoms with E-state index in [0.717, 1.165) is 79.2 Å². The van der Waals surface area contributed by atoms with Gasteiger partial charge in [0.2, 0.25) is 5.28 Å². The van der Waals surface area contributed by atoms with Crippen LogP contribution in [0.3, 0.4) is 0 Å². The lowest BCUT2D eigenvalue weighted by Gasteiger charge is -2.35. The number of aromatic nitrogens is 3. The second-order valence-corrected chi connectivity index (χ2v) is 12.0. The standard InChI is InChI=1S/C30H32Cl3N7O/c1-20-25-27(34-26(20)29(41)40-16-12-38(13-17-40)19-22-4-8-24(32)9-5-22)35-30(33)36-28(25)39-14-10-37(11-15-39)18-21-2-6-23(31)7-3-21/h2-9H,10-19H2,1H3,(H,34,35,36). The number of nitrogens with one attached hydrogen (secondary N) is 1. The average molecular weight is 613 g/mol. The normalized spacial score (nSPS) is 17.0. The molecule has 8 nitrogen and oxygen atoms in total. The Balaban J connectivity index is 1.13. The Bertz CT molecular complexity index is 1520. The first-order chi connectivity index (χ1) is 19.8. The highest BCUT2D eigenvalue weighted by atomic mass is 35.5. The molecule has 2 saturated heterocycles. The molecule has 0 atom stereocenters. The Morgan fingerprint density at radius 1 is 0.756 bits per heavy atom. The number of benzene rings is 2. The van der Waals surface area contributed by atoms with Crippen LogP contribution in [0.2, 0.25) is 15.3 Å². The highest BCUT2D eigenvalue weighted by Gasteiger charge is 2.29. The Kier molecular flexibility index (Phi) is 8.38. The summed E-state index contributed by atoms with van der Waals surface area (Å²) in [5.74, 6) is 0.772. The molecule has 0 saturated carbocycles. The fourth-order valence-electron chi connectivity index (χ4n) is 5.72. The first kappa shape index (κ1) is 28.2. The molecule has 214 valence electrons. The number of hydrogen-bond acceptors (Lipinski definition) is 6. The van der Waals surface area contributed by atoms with Crippen molar-refractivity contribution in [2.45, 2.75) is 20.0 Å². The molecule has 1 N–H and O–H groups in total. The van der Waals surface area contributed by atoms with Crippen molar-refractivity contribution >= 4 is 57.6 Å². The molecule has 1 amide bonds. The molecule has 2 fully saturated rings. The van der Waals surface area contributed by atoms with Gasteiger partial charge in [-0.25, -0.2) is 0 Å². The highest BCUT2D eigenvalue weighted by Crippen LogP contribution is 2.32. The minimum Gasteiger partial charge on any atom is -0.353 e. The first-order valence-electron chi connectivity index (χ1n) is 13.9. The van der Waals surface area contributed by atoms with Crippen molar-refractivity contribution in [1.82, 2.24) is 29.7 Å². The summed E-state index contributed by atoms with van der Waals surface area (Å²) >= 11 is 18.4. The summed E-state index contributed by atoms with van der Waals surface area (Å²) in [4.78, 5) is 35.0. The predicted octanol–water partition coefficient (Wildman–Crippen LogP) is 5.51. The number of halogens is 3. The zero-order chi connectivity index (χ0) is 28.5. The molecule has 0 bridgehead atoms. The molecule has 11 heteroatoms. The second-order valence-electron chi connectivity index (χ2n) is 10.7. The third kappa shape index (κ3) is 6.32. The summed E-state index contributed by atoms with van der Waals surface area (Å²) in [5, 5.41) is 2.53. The van der Waals surface area contributed by atoms with E-state index < -0.39 is 0 Å². The van der Waals surface area contributed by atoms with Crippen molar-refractivity contribution in [3.63, 3.8) is 0 Å². The van der Waals surface area contributed by atoms with Gasteiger partial charge in [0.1, 0.15) is 17.2 Å². The number of H-pyrrole nitrogens is 1. The van der Waals surface area contributed by atoms with E-state index in [2.05, 4.69) is 53.9 Å². The van der Waals surface area contributed by atoms with Crippen molar-refractivity contribution in [3.05, 3.63) is 86.2 Å². The molecule has 2 aliphatic rings. The Morgan fingerprint density at radius 3 is 1.80 bits per heavy atom. The fourth-order valence-corrected chi connectivity index (χ4v) is 6.14. The van der Waals surface area contributed by atoms with Gasteiger partial charge in [-0.05, 0) is 59.5 Å². The molecule has 0 radical (unpaired) electrons. The number of amides is 1. The number of aromatic amines is 1. The van der Waals surface area contributed by atoms with Crippen molar-refractivity contribution < 1.29 is 4.79 Å². The molecule has 2 aromatic carbocycles. The van der Waals surface area contributed by atoms with Crippen molar-refractivity contribution in [2.75, 3.05) is 57.3 Å². The lowest BCUT2D eigenvalue weighted by Crippen LogP contribution is -2.48. The van der Waals surface area contributed by atoms with Crippen LogP contribution in [0.4, 0.5) is 5.82 Å². The van der Waals surface area contributed by atoms with Crippen molar-refractivity contribution in [3.8, 4) is 0 Å². The maximum absolute atomic E-state index is 13.7. The number of fused-ring (bicyclic) bond motifs is 1. The van der Waals surface area contributed by atoms with Crippen LogP contribution in [0.25, 0.3) is 11.0 Å². The highest BCUT2D eigenvalue weighted by molar-refractivity contribution is 6.30. The summed E-state index contributed by atoms with van der Waals surface area (Å²) < 4.78 is 0. The van der Waals surface area contributed by atoms with E-state index in [4.69, 9.17) is 34.8 Å². The van der Waals surface area contributed by atoms with E-state index in [1.54, 1.807) is 0 Å². The number of aryl methyl sites for hydroxylation is 1. The molecule has 0 aliphatic carbocycles. The third-order valence-electron chi connectivity index (χ3n) is 8.04. The van der Waals surface area contributed by atoms with Crippen LogP contribution in [0, 0.1) is 6.92 Å². The molecule has 4 aromatic rings. The van der Waals surface area contributed by atoms with Gasteiger partial charge >= 0.3 is 0 Å². The molecule has 41 heavy (non-hydrogen) atoms. The van der Waals surface area contributed by atoms with E-state index in [1.165, 1.54) is 11.1 Å². The summed E-state index contributed by atoms with van der Waals surface area (Å²) in [5.41, 5.74) is 4.49. The number of rotatable bonds is 6. The SMILES string of the molecule is Cc1c(C(=O)N2CCN(Cc3ccc(Cl)cc3)CC2)[nH]c2nc(Cl)nc(N3CCN(Cc4ccc(Cl)cc4)CC3)c12. The Hall–Kier alpha value is -2.88. The fraction of sp³-hybridized carbons (Fsp3) is 0.367. The van der Waals surface area contributed by atoms with Crippen LogP contribution in [0.1, 0.15) is 27.2 Å². The van der Waals surface area contributed by atoms with Gasteiger partial charge in [-0.1, -0.05) is 47.5 Å². The van der Waals surface area contributed by atoms with E-state index in [-0.39, 0.29) is 11.2 Å². The smallest absolute Gasteiger partial charge is 0.270 e. The average Bonchev–Trinajstić information content (AvgIpc) is 3.31. The number of hydrogen-bond donors (Lipinski definition) is 1. The number of nitrogens with zero attached hydrogens (tertiary/aromatic N) is 6. The monoisotopic (exact) mass is 611 g/mol. The van der Waals surface area contributed by atoms with Gasteiger partial charge < -0.3 is 14.8 Å². The summed E-state index contributed by atoms with van der Waals surface area (Å²) in [7, 11) is 0. The van der Waals surface area contributed by atoms with Gasteiger partial charge in [0.05, 0.1) is 5.39 Å². The molecule has 2 aromatic heterocycles. The van der Waals surface area contributed by atoms with Gasteiger partial charge in [0, 0.05) is 75.5 Å². The van der Waals surface area contributed by atoms with Crippen molar-refractivity contribution in [1.29, 1.82) is 0 Å². The predicted molar refractivity (Wildman–Crippen MR) is 165 cm³/mol. The van der Waals surface area contributed by atoms with Crippen LogP contribution in [0.5, 0.6) is 0 Å². The quantitative estimate of drug-likeness (QED) is 0.290. The van der Waals surface area contributed by atoms with E-state index in [1.807, 2.05) is 36.1 Å². The largest absolute Gasteiger partial charge is 0.353 e. The summed E-state index contributed by atoms with van der Waals surface area (Å²) in [6.45, 7) is 10.0. The molecule has 2 aliphatic heterocycles.